The molecule has 0 fully saturated rings. The van der Waals surface area contributed by atoms with E-state index in [9.17, 15) is 13.2 Å². The predicted molar refractivity (Wildman–Crippen MR) is 75.1 cm³/mol. The van der Waals surface area contributed by atoms with Crippen molar-refractivity contribution in [2.45, 2.75) is 64.1 Å². The van der Waals surface area contributed by atoms with Gasteiger partial charge in [-0.2, -0.15) is 13.2 Å². The van der Waals surface area contributed by atoms with Crippen LogP contribution < -0.4 is 5.32 Å². The van der Waals surface area contributed by atoms with E-state index in [4.69, 9.17) is 0 Å². The molecule has 0 aromatic carbocycles. The molecule has 1 atom stereocenters. The highest BCUT2D eigenvalue weighted by molar-refractivity contribution is 7.12. The van der Waals surface area contributed by atoms with Gasteiger partial charge in [-0.3, -0.25) is 0 Å². The molecular weight excluding hydrogens is 285 g/mol. The van der Waals surface area contributed by atoms with Crippen LogP contribution in [0, 0.1) is 0 Å². The Morgan fingerprint density at radius 3 is 2.60 bits per heavy atom. The Kier molecular flexibility index (Phi) is 4.74. The molecule has 0 spiro atoms. The first-order chi connectivity index (χ1) is 9.34. The molecule has 2 rings (SSSR count). The van der Waals surface area contributed by atoms with E-state index in [1.54, 1.807) is 11.3 Å². The SMILES string of the molecule is CCNC(C)(CCCC(F)(F)F)c1nc2c(s1)CCC2. The molecule has 2 nitrogen and oxygen atoms in total. The van der Waals surface area contributed by atoms with Crippen molar-refractivity contribution in [2.24, 2.45) is 0 Å². The fraction of sp³-hybridized carbons (Fsp3) is 0.786. The van der Waals surface area contributed by atoms with E-state index < -0.39 is 18.1 Å². The third-order valence-electron chi connectivity index (χ3n) is 3.77. The van der Waals surface area contributed by atoms with Crippen LogP contribution in [0.3, 0.4) is 0 Å². The van der Waals surface area contributed by atoms with E-state index in [0.29, 0.717) is 6.42 Å². The van der Waals surface area contributed by atoms with Crippen molar-refractivity contribution < 1.29 is 13.2 Å². The fourth-order valence-corrected chi connectivity index (χ4v) is 4.03. The lowest BCUT2D eigenvalue weighted by Gasteiger charge is -2.29. The predicted octanol–water partition coefficient (Wildman–Crippen LogP) is 4.19. The van der Waals surface area contributed by atoms with Crippen LogP contribution in [0.1, 0.15) is 55.1 Å². The number of nitrogens with one attached hydrogen (secondary N) is 1. The van der Waals surface area contributed by atoms with Gasteiger partial charge in [-0.25, -0.2) is 4.98 Å². The number of aromatic nitrogens is 1. The average Bonchev–Trinajstić information content (AvgIpc) is 2.87. The second-order valence-electron chi connectivity index (χ2n) is 5.57. The fourth-order valence-electron chi connectivity index (χ4n) is 2.73. The smallest absolute Gasteiger partial charge is 0.306 e. The number of aryl methyl sites for hydroxylation is 2. The van der Waals surface area contributed by atoms with Crippen molar-refractivity contribution in [3.05, 3.63) is 15.6 Å². The maximum Gasteiger partial charge on any atom is 0.389 e. The van der Waals surface area contributed by atoms with Gasteiger partial charge in [0.1, 0.15) is 5.01 Å². The molecule has 0 radical (unpaired) electrons. The summed E-state index contributed by atoms with van der Waals surface area (Å²) in [5, 5.41) is 4.28. The first-order valence-electron chi connectivity index (χ1n) is 7.15. The topological polar surface area (TPSA) is 24.9 Å². The maximum absolute atomic E-state index is 12.3. The van der Waals surface area contributed by atoms with Crippen LogP contribution >= 0.6 is 11.3 Å². The Morgan fingerprint density at radius 2 is 2.00 bits per heavy atom. The first kappa shape index (κ1) is 15.8. The Hall–Kier alpha value is -0.620. The number of nitrogens with zero attached hydrogens (tertiary/aromatic N) is 1. The molecule has 6 heteroatoms. The van der Waals surface area contributed by atoms with Crippen molar-refractivity contribution in [2.75, 3.05) is 6.54 Å². The van der Waals surface area contributed by atoms with Gasteiger partial charge in [-0.1, -0.05) is 6.92 Å². The number of fused-ring (bicyclic) bond motifs is 1. The highest BCUT2D eigenvalue weighted by Gasteiger charge is 2.33. The van der Waals surface area contributed by atoms with Crippen molar-refractivity contribution >= 4 is 11.3 Å². The van der Waals surface area contributed by atoms with E-state index in [0.717, 1.165) is 36.5 Å². The van der Waals surface area contributed by atoms with Gasteiger partial charge in [0.25, 0.3) is 0 Å². The molecule has 0 bridgehead atoms. The van der Waals surface area contributed by atoms with Crippen molar-refractivity contribution in [3.63, 3.8) is 0 Å². The third kappa shape index (κ3) is 3.73. The normalized spacial score (nSPS) is 18.1. The third-order valence-corrected chi connectivity index (χ3v) is 5.19. The second kappa shape index (κ2) is 6.02. The van der Waals surface area contributed by atoms with E-state index in [1.807, 2.05) is 13.8 Å². The average molecular weight is 306 g/mol. The molecule has 1 unspecified atom stereocenters. The highest BCUT2D eigenvalue weighted by atomic mass is 32.1. The molecule has 20 heavy (non-hydrogen) atoms. The zero-order chi connectivity index (χ0) is 14.8. The van der Waals surface area contributed by atoms with Crippen LogP contribution in [-0.2, 0) is 18.4 Å². The summed E-state index contributed by atoms with van der Waals surface area (Å²) in [5.41, 5.74) is 0.722. The molecule has 1 aromatic heterocycles. The van der Waals surface area contributed by atoms with Gasteiger partial charge in [-0.15, -0.1) is 11.3 Å². The number of halogens is 3. The summed E-state index contributed by atoms with van der Waals surface area (Å²) in [6, 6.07) is 0. The van der Waals surface area contributed by atoms with Gasteiger partial charge in [0, 0.05) is 11.3 Å². The number of rotatable bonds is 6. The largest absolute Gasteiger partial charge is 0.389 e. The van der Waals surface area contributed by atoms with Crippen molar-refractivity contribution in [3.8, 4) is 0 Å². The van der Waals surface area contributed by atoms with Gasteiger partial charge in [0.05, 0.1) is 11.2 Å². The Bertz CT molecular complexity index is 434. The van der Waals surface area contributed by atoms with Gasteiger partial charge in [0.2, 0.25) is 0 Å². The molecule has 1 aliphatic carbocycles. The number of hydrogen-bond acceptors (Lipinski definition) is 3. The Balaban J connectivity index is 2.07. The molecule has 0 saturated carbocycles. The number of alkyl halides is 3. The van der Waals surface area contributed by atoms with Gasteiger partial charge >= 0.3 is 6.18 Å². The summed E-state index contributed by atoms with van der Waals surface area (Å²) in [4.78, 5) is 5.99. The van der Waals surface area contributed by atoms with E-state index in [-0.39, 0.29) is 6.42 Å². The molecule has 0 saturated heterocycles. The minimum absolute atomic E-state index is 0.136. The van der Waals surface area contributed by atoms with Crippen LogP contribution in [-0.4, -0.2) is 17.7 Å². The maximum atomic E-state index is 12.3. The summed E-state index contributed by atoms with van der Waals surface area (Å²) in [6.45, 7) is 4.68. The van der Waals surface area contributed by atoms with E-state index >= 15 is 0 Å². The van der Waals surface area contributed by atoms with Gasteiger partial charge in [-0.05, 0) is 45.6 Å². The summed E-state index contributed by atoms with van der Waals surface area (Å²) in [7, 11) is 0. The zero-order valence-electron chi connectivity index (χ0n) is 11.9. The Morgan fingerprint density at radius 1 is 1.25 bits per heavy atom. The molecule has 1 aliphatic rings. The summed E-state index contributed by atoms with van der Waals surface area (Å²) >= 11 is 1.67. The second-order valence-corrected chi connectivity index (χ2v) is 6.66. The Labute approximate surface area is 121 Å². The molecule has 114 valence electrons. The lowest BCUT2D eigenvalue weighted by molar-refractivity contribution is -0.136. The minimum Gasteiger partial charge on any atom is -0.306 e. The molecule has 0 aliphatic heterocycles. The van der Waals surface area contributed by atoms with Gasteiger partial charge < -0.3 is 5.32 Å². The highest BCUT2D eigenvalue weighted by Crippen LogP contribution is 2.36. The first-order valence-corrected chi connectivity index (χ1v) is 7.96. The molecule has 1 N–H and O–H groups in total. The van der Waals surface area contributed by atoms with E-state index in [2.05, 4.69) is 10.3 Å². The monoisotopic (exact) mass is 306 g/mol. The summed E-state index contributed by atoms with van der Waals surface area (Å²) in [6.07, 6.45) is -0.963. The van der Waals surface area contributed by atoms with E-state index in [1.165, 1.54) is 4.88 Å². The minimum atomic E-state index is -4.07. The van der Waals surface area contributed by atoms with Crippen LogP contribution in [0.15, 0.2) is 0 Å². The van der Waals surface area contributed by atoms with Crippen molar-refractivity contribution in [1.82, 2.24) is 10.3 Å². The summed E-state index contributed by atoms with van der Waals surface area (Å²) < 4.78 is 37.0. The lowest BCUT2D eigenvalue weighted by Crippen LogP contribution is -2.39. The number of thiazole rings is 1. The molecular formula is C14H21F3N2S. The van der Waals surface area contributed by atoms with Crippen LogP contribution in [0.25, 0.3) is 0 Å². The van der Waals surface area contributed by atoms with Crippen LogP contribution in [0.2, 0.25) is 0 Å². The lowest BCUT2D eigenvalue weighted by atomic mass is 9.95. The number of hydrogen-bond donors (Lipinski definition) is 1. The molecule has 0 amide bonds. The molecule has 1 aromatic rings. The zero-order valence-corrected chi connectivity index (χ0v) is 12.8. The quantitative estimate of drug-likeness (QED) is 0.852. The molecule has 1 heterocycles. The standard InChI is InChI=1S/C14H21F3N2S/c1-3-18-13(2,8-5-9-14(15,16)17)12-19-10-6-4-7-11(10)20-12/h18H,3-9H2,1-2H3. The van der Waals surface area contributed by atoms with Crippen LogP contribution in [0.4, 0.5) is 13.2 Å². The van der Waals surface area contributed by atoms with Crippen molar-refractivity contribution in [1.29, 1.82) is 0 Å². The van der Waals surface area contributed by atoms with Crippen LogP contribution in [0.5, 0.6) is 0 Å². The summed E-state index contributed by atoms with van der Waals surface area (Å²) in [5.74, 6) is 0. The van der Waals surface area contributed by atoms with Gasteiger partial charge in [0.15, 0.2) is 0 Å².